The van der Waals surface area contributed by atoms with E-state index in [9.17, 15) is 24.4 Å². The fourth-order valence-electron chi connectivity index (χ4n) is 10.1. The fourth-order valence-corrected chi connectivity index (χ4v) is 10.3. The third-order valence-electron chi connectivity index (χ3n) is 13.2. The molecule has 3 aromatic rings. The third-order valence-corrected chi connectivity index (χ3v) is 13.5. The number of carbonyl (C=O) groups is 4. The Balaban J connectivity index is 0.739. The summed E-state index contributed by atoms with van der Waals surface area (Å²) in [6, 6.07) is 21.1. The first-order valence-electron chi connectivity index (χ1n) is 20.0. The number of amides is 4. The number of nitrogens with zero attached hydrogens (tertiary/aromatic N) is 7. The summed E-state index contributed by atoms with van der Waals surface area (Å²) in [5, 5.41) is 12.0. The van der Waals surface area contributed by atoms with E-state index in [1.54, 1.807) is 18.2 Å². The van der Waals surface area contributed by atoms with Gasteiger partial charge in [-0.05, 0) is 98.7 Å². The van der Waals surface area contributed by atoms with Gasteiger partial charge in [0, 0.05) is 87.6 Å². The molecule has 0 radical (unpaired) electrons. The van der Waals surface area contributed by atoms with Gasteiger partial charge in [0.05, 0.1) is 34.8 Å². The quantitative estimate of drug-likeness (QED) is 0.333. The summed E-state index contributed by atoms with van der Waals surface area (Å²) >= 11 is 6.38. The minimum absolute atomic E-state index is 0.0603. The summed E-state index contributed by atoms with van der Waals surface area (Å²) in [7, 11) is 0. The topological polar surface area (TPSA) is 124 Å². The van der Waals surface area contributed by atoms with Gasteiger partial charge in [0.2, 0.25) is 11.8 Å². The van der Waals surface area contributed by atoms with Gasteiger partial charge in [-0.15, -0.1) is 0 Å². The molecular formula is C43H46ClFN8O4. The van der Waals surface area contributed by atoms with E-state index in [1.807, 2.05) is 23.1 Å². The number of hydrogen-bond donors (Lipinski definition) is 1. The number of alkyl halides is 1. The molecule has 0 bridgehead atoms. The molecule has 5 fully saturated rings. The summed E-state index contributed by atoms with van der Waals surface area (Å²) in [5.41, 5.74) is 3.99. The Labute approximate surface area is 336 Å². The smallest absolute Gasteiger partial charge is 0.262 e. The lowest BCUT2D eigenvalue weighted by molar-refractivity contribution is -0.136. The zero-order valence-corrected chi connectivity index (χ0v) is 32.8. The summed E-state index contributed by atoms with van der Waals surface area (Å²) in [6.45, 7) is 9.18. The molecule has 0 saturated carbocycles. The molecule has 6 aliphatic rings. The van der Waals surface area contributed by atoms with Crippen LogP contribution >= 0.6 is 11.6 Å². The number of rotatable bonds is 7. The maximum absolute atomic E-state index is 16.0. The zero-order valence-electron chi connectivity index (χ0n) is 32.1. The van der Waals surface area contributed by atoms with Crippen molar-refractivity contribution in [1.82, 2.24) is 15.1 Å². The Morgan fingerprint density at radius 2 is 1.42 bits per heavy atom. The van der Waals surface area contributed by atoms with Crippen LogP contribution < -0.4 is 24.9 Å². The van der Waals surface area contributed by atoms with Crippen molar-refractivity contribution >= 4 is 58.0 Å². The van der Waals surface area contributed by atoms with Crippen LogP contribution in [0.2, 0.25) is 5.02 Å². The van der Waals surface area contributed by atoms with Gasteiger partial charge in [0.15, 0.2) is 5.67 Å². The Morgan fingerprint density at radius 1 is 0.789 bits per heavy atom. The van der Waals surface area contributed by atoms with Crippen LogP contribution in [0.1, 0.15) is 65.3 Å². The second-order valence-corrected chi connectivity index (χ2v) is 17.3. The van der Waals surface area contributed by atoms with Crippen LogP contribution in [0, 0.1) is 16.7 Å². The SMILES string of the molecule is C[C@H]1CC2(CCN(c3ccc(N4CCN(CC5(F)CN(c6ccc7c(c6)C(=O)N(C6CCC(=O)NC6=O)C7=O)C5)CC4)cc3)CC2)CN1c1ccc(C#N)c(Cl)c1. The van der Waals surface area contributed by atoms with Crippen molar-refractivity contribution in [2.45, 2.75) is 56.8 Å². The Morgan fingerprint density at radius 3 is 2.07 bits per heavy atom. The normalized spacial score (nSPS) is 24.5. The zero-order chi connectivity index (χ0) is 39.6. The van der Waals surface area contributed by atoms with E-state index in [2.05, 4.69) is 62.2 Å². The number of nitriles is 1. The number of halogens is 2. The van der Waals surface area contributed by atoms with Crippen molar-refractivity contribution < 1.29 is 23.6 Å². The molecule has 1 unspecified atom stereocenters. The number of piperazine rings is 1. The highest BCUT2D eigenvalue weighted by molar-refractivity contribution is 6.32. The number of nitrogens with one attached hydrogen (secondary N) is 1. The first-order valence-corrected chi connectivity index (χ1v) is 20.4. The van der Waals surface area contributed by atoms with Crippen LogP contribution in [0.4, 0.5) is 27.1 Å². The van der Waals surface area contributed by atoms with Gasteiger partial charge in [0.25, 0.3) is 11.8 Å². The van der Waals surface area contributed by atoms with Gasteiger partial charge >= 0.3 is 0 Å². The lowest BCUT2D eigenvalue weighted by Gasteiger charge is -2.49. The minimum atomic E-state index is -1.39. The van der Waals surface area contributed by atoms with Crippen molar-refractivity contribution in [1.29, 1.82) is 5.26 Å². The highest BCUT2D eigenvalue weighted by Gasteiger charge is 2.48. The highest BCUT2D eigenvalue weighted by atomic mass is 35.5. The molecule has 0 aromatic heterocycles. The summed E-state index contributed by atoms with van der Waals surface area (Å²) in [4.78, 5) is 62.7. The van der Waals surface area contributed by atoms with E-state index < -0.39 is 35.3 Å². The van der Waals surface area contributed by atoms with Crippen LogP contribution in [0.25, 0.3) is 0 Å². The predicted molar refractivity (Wildman–Crippen MR) is 216 cm³/mol. The van der Waals surface area contributed by atoms with Crippen molar-refractivity contribution in [2.75, 3.05) is 85.0 Å². The molecule has 14 heteroatoms. The molecule has 296 valence electrons. The van der Waals surface area contributed by atoms with Gasteiger partial charge in [-0.3, -0.25) is 34.3 Å². The summed E-state index contributed by atoms with van der Waals surface area (Å²) < 4.78 is 16.0. The van der Waals surface area contributed by atoms with Gasteiger partial charge in [-0.25, -0.2) is 4.39 Å². The fraction of sp³-hybridized carbons (Fsp3) is 0.465. The molecule has 2 atom stereocenters. The average Bonchev–Trinajstić information content (AvgIpc) is 3.65. The lowest BCUT2D eigenvalue weighted by atomic mass is 9.76. The Hall–Kier alpha value is -5.19. The van der Waals surface area contributed by atoms with Crippen molar-refractivity contribution in [3.8, 4) is 6.07 Å². The standard InChI is InChI=1S/C43H46ClFN8O4/c1-28-22-42(24-52(28)33-3-2-29(23-46)36(44)21-33)12-14-49(15-13-42)30-4-6-31(7-5-30)50-18-16-48(17-19-50)25-43(45)26-51(27-43)32-8-9-34-35(20-32)41(57)53(40(34)56)37-10-11-38(54)47-39(37)55/h2-9,20-21,28,37H,10-19,22,24-27H2,1H3,(H,47,54,55)/t28-,37?/m0/s1. The van der Waals surface area contributed by atoms with Gasteiger partial charge in [0.1, 0.15) is 12.1 Å². The van der Waals surface area contributed by atoms with E-state index in [0.717, 1.165) is 75.7 Å². The summed E-state index contributed by atoms with van der Waals surface area (Å²) in [5.74, 6) is -2.18. The first-order chi connectivity index (χ1) is 27.4. The molecule has 5 saturated heterocycles. The van der Waals surface area contributed by atoms with Gasteiger partial charge in [-0.1, -0.05) is 11.6 Å². The molecule has 1 N–H and O–H groups in total. The Kier molecular flexibility index (Phi) is 9.40. The van der Waals surface area contributed by atoms with E-state index in [4.69, 9.17) is 11.6 Å². The molecule has 6 aliphatic heterocycles. The second-order valence-electron chi connectivity index (χ2n) is 16.9. The number of piperidine rings is 2. The number of hydrogen-bond acceptors (Lipinski definition) is 10. The van der Waals surface area contributed by atoms with Crippen LogP contribution in [-0.2, 0) is 9.59 Å². The number of imide groups is 2. The van der Waals surface area contributed by atoms with E-state index >= 15 is 4.39 Å². The van der Waals surface area contributed by atoms with Crippen molar-refractivity contribution in [2.24, 2.45) is 5.41 Å². The molecule has 12 nitrogen and oxygen atoms in total. The monoisotopic (exact) mass is 792 g/mol. The molecule has 0 aliphatic carbocycles. The number of benzene rings is 3. The molecule has 1 spiro atoms. The Bertz CT molecular complexity index is 2170. The summed E-state index contributed by atoms with van der Waals surface area (Å²) in [6.07, 6.45) is 3.58. The number of fused-ring (bicyclic) bond motifs is 1. The predicted octanol–water partition coefficient (Wildman–Crippen LogP) is 4.85. The van der Waals surface area contributed by atoms with Crippen LogP contribution in [-0.4, -0.2) is 117 Å². The molecular weight excluding hydrogens is 747 g/mol. The van der Waals surface area contributed by atoms with Crippen LogP contribution in [0.15, 0.2) is 60.7 Å². The van der Waals surface area contributed by atoms with E-state index in [0.29, 0.717) is 28.9 Å². The average molecular weight is 793 g/mol. The van der Waals surface area contributed by atoms with Crippen LogP contribution in [0.5, 0.6) is 0 Å². The lowest BCUT2D eigenvalue weighted by Crippen LogP contribution is -2.65. The highest BCUT2D eigenvalue weighted by Crippen LogP contribution is 2.46. The largest absolute Gasteiger partial charge is 0.371 e. The van der Waals surface area contributed by atoms with Crippen molar-refractivity contribution in [3.63, 3.8) is 0 Å². The molecule has 6 heterocycles. The van der Waals surface area contributed by atoms with E-state index in [1.165, 1.54) is 11.4 Å². The molecule has 3 aromatic carbocycles. The minimum Gasteiger partial charge on any atom is -0.371 e. The van der Waals surface area contributed by atoms with Gasteiger partial charge < -0.3 is 19.6 Å². The molecule has 4 amide bonds. The second kappa shape index (κ2) is 14.3. The number of anilines is 4. The molecule has 57 heavy (non-hydrogen) atoms. The maximum atomic E-state index is 16.0. The van der Waals surface area contributed by atoms with Crippen LogP contribution in [0.3, 0.4) is 0 Å². The van der Waals surface area contributed by atoms with Gasteiger partial charge in [-0.2, -0.15) is 5.26 Å². The number of carbonyl (C=O) groups excluding carboxylic acids is 4. The molecule has 9 rings (SSSR count). The van der Waals surface area contributed by atoms with Crippen molar-refractivity contribution in [3.05, 3.63) is 82.4 Å². The first kappa shape index (κ1) is 37.4. The third kappa shape index (κ3) is 6.86. The maximum Gasteiger partial charge on any atom is 0.262 e. The van der Waals surface area contributed by atoms with E-state index in [-0.39, 0.29) is 42.5 Å².